The molecule has 0 unspecified atom stereocenters. The number of benzene rings is 1. The first kappa shape index (κ1) is 14.9. The molecule has 0 saturated carbocycles. The summed E-state index contributed by atoms with van der Waals surface area (Å²) in [6.45, 7) is 1.46. The van der Waals surface area contributed by atoms with Gasteiger partial charge in [-0.2, -0.15) is 0 Å². The van der Waals surface area contributed by atoms with Crippen molar-refractivity contribution in [2.45, 2.75) is 13.5 Å². The Balaban J connectivity index is 2.26. The van der Waals surface area contributed by atoms with Crippen LogP contribution in [-0.2, 0) is 6.61 Å². The fourth-order valence-corrected chi connectivity index (χ4v) is 1.88. The maximum Gasteiger partial charge on any atom is 0.270 e. The summed E-state index contributed by atoms with van der Waals surface area (Å²) in [5.74, 6) is -0.0319. The van der Waals surface area contributed by atoms with Crippen LogP contribution >= 0.6 is 11.6 Å². The molecule has 0 N–H and O–H groups in total. The van der Waals surface area contributed by atoms with Gasteiger partial charge in [-0.05, 0) is 19.1 Å². The molecule has 2 aromatic rings. The maximum atomic E-state index is 11.6. The zero-order valence-electron chi connectivity index (χ0n) is 11.1. The number of Topliss-reactive ketones (excluding diaryl/α,β-unsaturated/α-hetero) is 1. The van der Waals surface area contributed by atoms with E-state index in [2.05, 4.69) is 4.98 Å². The number of non-ortho nitro benzene ring substituents is 1. The lowest BCUT2D eigenvalue weighted by Crippen LogP contribution is -2.03. The van der Waals surface area contributed by atoms with Crippen LogP contribution in [0.25, 0.3) is 0 Å². The summed E-state index contributed by atoms with van der Waals surface area (Å²) in [5, 5.41) is 11.2. The van der Waals surface area contributed by atoms with Crippen molar-refractivity contribution in [3.05, 3.63) is 62.9 Å². The minimum Gasteiger partial charge on any atom is -0.488 e. The Bertz CT molecular complexity index is 703. The number of carbonyl (C=O) groups excluding carboxylic acids is 1. The Morgan fingerprint density at radius 3 is 2.81 bits per heavy atom. The highest BCUT2D eigenvalue weighted by Crippen LogP contribution is 2.26. The zero-order chi connectivity index (χ0) is 15.4. The van der Waals surface area contributed by atoms with E-state index in [1.54, 1.807) is 12.3 Å². The second-order valence-electron chi connectivity index (χ2n) is 4.25. The average Bonchev–Trinajstić information content (AvgIpc) is 2.46. The van der Waals surface area contributed by atoms with E-state index in [1.807, 2.05) is 0 Å². The molecule has 1 heterocycles. The van der Waals surface area contributed by atoms with Crippen LogP contribution in [0.1, 0.15) is 22.8 Å². The van der Waals surface area contributed by atoms with Crippen molar-refractivity contribution in [3.8, 4) is 5.75 Å². The minimum absolute atomic E-state index is 0.138. The predicted octanol–water partition coefficient (Wildman–Crippen LogP) is 3.42. The van der Waals surface area contributed by atoms with E-state index in [-0.39, 0.29) is 29.4 Å². The van der Waals surface area contributed by atoms with Crippen LogP contribution in [0, 0.1) is 10.1 Å². The number of aromatic nitrogens is 1. The van der Waals surface area contributed by atoms with Gasteiger partial charge < -0.3 is 4.74 Å². The first-order valence-corrected chi connectivity index (χ1v) is 6.37. The smallest absolute Gasteiger partial charge is 0.270 e. The SMILES string of the molecule is CC(=O)c1cc([N+](=O)[O-])ccc1OCc1ccncc1Cl. The average molecular weight is 307 g/mol. The third-order valence-corrected chi connectivity index (χ3v) is 3.13. The Kier molecular flexibility index (Phi) is 4.49. The van der Waals surface area contributed by atoms with E-state index in [0.717, 1.165) is 0 Å². The predicted molar refractivity (Wildman–Crippen MR) is 76.7 cm³/mol. The maximum absolute atomic E-state index is 11.6. The molecule has 1 aromatic carbocycles. The van der Waals surface area contributed by atoms with Crippen LogP contribution < -0.4 is 4.74 Å². The van der Waals surface area contributed by atoms with Gasteiger partial charge in [0.25, 0.3) is 5.69 Å². The summed E-state index contributed by atoms with van der Waals surface area (Å²) in [7, 11) is 0. The first-order valence-electron chi connectivity index (χ1n) is 5.99. The van der Waals surface area contributed by atoms with E-state index in [0.29, 0.717) is 10.6 Å². The largest absolute Gasteiger partial charge is 0.488 e. The summed E-state index contributed by atoms with van der Waals surface area (Å²) in [6, 6.07) is 5.59. The zero-order valence-corrected chi connectivity index (χ0v) is 11.8. The van der Waals surface area contributed by atoms with Gasteiger partial charge in [-0.25, -0.2) is 0 Å². The van der Waals surface area contributed by atoms with Crippen LogP contribution in [0.15, 0.2) is 36.7 Å². The van der Waals surface area contributed by atoms with Crippen molar-refractivity contribution < 1.29 is 14.5 Å². The molecule has 0 fully saturated rings. The number of ether oxygens (including phenoxy) is 1. The van der Waals surface area contributed by atoms with Crippen LogP contribution in [0.4, 0.5) is 5.69 Å². The summed E-state index contributed by atoms with van der Waals surface area (Å²) >= 11 is 5.96. The second-order valence-corrected chi connectivity index (χ2v) is 4.66. The summed E-state index contributed by atoms with van der Waals surface area (Å²) in [5.41, 5.74) is 0.711. The van der Waals surface area contributed by atoms with Gasteiger partial charge in [-0.3, -0.25) is 19.9 Å². The first-order chi connectivity index (χ1) is 9.99. The molecule has 0 radical (unpaired) electrons. The number of carbonyl (C=O) groups is 1. The van der Waals surface area contributed by atoms with Crippen molar-refractivity contribution in [2.24, 2.45) is 0 Å². The Morgan fingerprint density at radius 1 is 1.43 bits per heavy atom. The molecule has 2 rings (SSSR count). The van der Waals surface area contributed by atoms with Gasteiger partial charge in [0, 0.05) is 30.1 Å². The van der Waals surface area contributed by atoms with Gasteiger partial charge in [-0.1, -0.05) is 11.6 Å². The molecular formula is C14H11ClN2O4. The third kappa shape index (κ3) is 3.55. The highest BCUT2D eigenvalue weighted by Gasteiger charge is 2.15. The summed E-state index contributed by atoms with van der Waals surface area (Å²) < 4.78 is 5.54. The van der Waals surface area contributed by atoms with E-state index in [1.165, 1.54) is 31.3 Å². The quantitative estimate of drug-likeness (QED) is 0.480. The van der Waals surface area contributed by atoms with Crippen molar-refractivity contribution in [1.82, 2.24) is 4.98 Å². The van der Waals surface area contributed by atoms with Gasteiger partial charge in [0.05, 0.1) is 15.5 Å². The normalized spacial score (nSPS) is 10.2. The minimum atomic E-state index is -0.560. The van der Waals surface area contributed by atoms with Crippen LogP contribution in [0.3, 0.4) is 0 Å². The Hall–Kier alpha value is -2.47. The van der Waals surface area contributed by atoms with E-state index in [9.17, 15) is 14.9 Å². The molecule has 7 heteroatoms. The Morgan fingerprint density at radius 2 is 2.19 bits per heavy atom. The van der Waals surface area contributed by atoms with Crippen molar-refractivity contribution in [2.75, 3.05) is 0 Å². The van der Waals surface area contributed by atoms with E-state index < -0.39 is 4.92 Å². The molecule has 21 heavy (non-hydrogen) atoms. The van der Waals surface area contributed by atoms with Crippen molar-refractivity contribution in [1.29, 1.82) is 0 Å². The van der Waals surface area contributed by atoms with Gasteiger partial charge in [0.1, 0.15) is 12.4 Å². The molecular weight excluding hydrogens is 296 g/mol. The topological polar surface area (TPSA) is 82.3 Å². The number of pyridine rings is 1. The van der Waals surface area contributed by atoms with Crippen molar-refractivity contribution >= 4 is 23.1 Å². The van der Waals surface area contributed by atoms with Gasteiger partial charge >= 0.3 is 0 Å². The monoisotopic (exact) mass is 306 g/mol. The highest BCUT2D eigenvalue weighted by atomic mass is 35.5. The number of nitrogens with zero attached hydrogens (tertiary/aromatic N) is 2. The van der Waals surface area contributed by atoms with E-state index in [4.69, 9.17) is 16.3 Å². The standard InChI is InChI=1S/C14H11ClN2O4/c1-9(18)12-6-11(17(19)20)2-3-14(12)21-8-10-4-5-16-7-13(10)15/h2-7H,8H2,1H3. The lowest BCUT2D eigenvalue weighted by molar-refractivity contribution is -0.384. The van der Waals surface area contributed by atoms with Crippen LogP contribution in [-0.4, -0.2) is 15.7 Å². The highest BCUT2D eigenvalue weighted by molar-refractivity contribution is 6.31. The number of ketones is 1. The fourth-order valence-electron chi connectivity index (χ4n) is 1.71. The van der Waals surface area contributed by atoms with Gasteiger partial charge in [0.15, 0.2) is 5.78 Å². The molecule has 1 aromatic heterocycles. The number of nitro groups is 1. The molecule has 0 amide bonds. The van der Waals surface area contributed by atoms with Gasteiger partial charge in [0.2, 0.25) is 0 Å². The third-order valence-electron chi connectivity index (χ3n) is 2.79. The Labute approximate surface area is 125 Å². The molecule has 0 aliphatic heterocycles. The number of halogens is 1. The number of hydrogen-bond donors (Lipinski definition) is 0. The molecule has 0 bridgehead atoms. The van der Waals surface area contributed by atoms with Crippen LogP contribution in [0.5, 0.6) is 5.75 Å². The molecule has 0 spiro atoms. The molecule has 0 atom stereocenters. The summed E-state index contributed by atoms with van der Waals surface area (Å²) in [6.07, 6.45) is 3.06. The fraction of sp³-hybridized carbons (Fsp3) is 0.143. The molecule has 108 valence electrons. The number of nitro benzene ring substituents is 1. The molecule has 0 aliphatic carbocycles. The lowest BCUT2D eigenvalue weighted by atomic mass is 10.1. The van der Waals surface area contributed by atoms with E-state index >= 15 is 0 Å². The van der Waals surface area contributed by atoms with Crippen LogP contribution in [0.2, 0.25) is 5.02 Å². The van der Waals surface area contributed by atoms with Gasteiger partial charge in [-0.15, -0.1) is 0 Å². The second kappa shape index (κ2) is 6.32. The van der Waals surface area contributed by atoms with Crippen molar-refractivity contribution in [3.63, 3.8) is 0 Å². The number of rotatable bonds is 5. The molecule has 0 aliphatic rings. The molecule has 0 saturated heterocycles. The molecule has 6 nitrogen and oxygen atoms in total. The lowest BCUT2D eigenvalue weighted by Gasteiger charge is -2.10. The number of hydrogen-bond acceptors (Lipinski definition) is 5. The summed E-state index contributed by atoms with van der Waals surface area (Å²) in [4.78, 5) is 25.6.